The molecule has 1 unspecified atom stereocenters. The van der Waals surface area contributed by atoms with Crippen LogP contribution < -0.4 is 0 Å². The topological polar surface area (TPSA) is 80.8 Å². The predicted molar refractivity (Wildman–Crippen MR) is 77.8 cm³/mol. The van der Waals surface area contributed by atoms with Crippen LogP contribution in [-0.2, 0) is 23.0 Å². The standard InChI is InChI=1S/C11H21NO5S2Si/c1-18(13,14)20(19(2,15)16)8-9-7-12-6-4-3-5-10(12)11(9)17-20/h9-11H,3-8H2,1-2H3/t9-,10?,11+/m0/s1. The minimum atomic E-state index is -3.79. The molecule has 0 aromatic heterocycles. The molecule has 6 nitrogen and oxygen atoms in total. The maximum absolute atomic E-state index is 12.1. The van der Waals surface area contributed by atoms with Crippen LogP contribution in [0.1, 0.15) is 19.3 Å². The van der Waals surface area contributed by atoms with E-state index in [1.165, 1.54) is 0 Å². The highest BCUT2D eigenvalue weighted by Gasteiger charge is 2.68. The highest BCUT2D eigenvalue weighted by atomic mass is 32.6. The van der Waals surface area contributed by atoms with Gasteiger partial charge < -0.3 is 4.43 Å². The summed E-state index contributed by atoms with van der Waals surface area (Å²) in [6.07, 6.45) is 5.11. The number of hydrogen-bond acceptors (Lipinski definition) is 6. The molecule has 20 heavy (non-hydrogen) atoms. The Labute approximate surface area is 120 Å². The molecule has 0 spiro atoms. The van der Waals surface area contributed by atoms with Crippen LogP contribution in [0, 0.1) is 5.92 Å². The second-order valence-electron chi connectivity index (χ2n) is 6.33. The molecule has 0 radical (unpaired) electrons. The van der Waals surface area contributed by atoms with E-state index in [1.807, 2.05) is 0 Å². The SMILES string of the molecule is CS(=O)(=O)[Si]1(S(C)(=O)=O)C[C@@H]2CN3CCCCC3[C@@H]2O1. The van der Waals surface area contributed by atoms with E-state index in [1.54, 1.807) is 0 Å². The van der Waals surface area contributed by atoms with E-state index < -0.39 is 25.2 Å². The third-order valence-corrected chi connectivity index (χ3v) is 22.7. The molecule has 0 saturated carbocycles. The monoisotopic (exact) mass is 339 g/mol. The summed E-state index contributed by atoms with van der Waals surface area (Å²) in [7, 11) is -7.38. The van der Waals surface area contributed by atoms with Gasteiger partial charge in [0.2, 0.25) is 0 Å². The third-order valence-electron chi connectivity index (χ3n) is 4.93. The zero-order valence-electron chi connectivity index (χ0n) is 11.8. The van der Waals surface area contributed by atoms with Gasteiger partial charge in [0.25, 0.3) is 0 Å². The first-order valence-electron chi connectivity index (χ1n) is 6.97. The van der Waals surface area contributed by atoms with Crippen molar-refractivity contribution in [3.8, 4) is 0 Å². The molecule has 3 aliphatic rings. The molecule has 0 bridgehead atoms. The van der Waals surface area contributed by atoms with Gasteiger partial charge in [0.1, 0.15) is 0 Å². The second kappa shape index (κ2) is 4.51. The first-order chi connectivity index (χ1) is 9.16. The Morgan fingerprint density at radius 1 is 1.10 bits per heavy atom. The number of hydrogen-bond donors (Lipinski definition) is 0. The van der Waals surface area contributed by atoms with Crippen LogP contribution in [0.4, 0.5) is 0 Å². The van der Waals surface area contributed by atoms with Crippen molar-refractivity contribution < 1.29 is 21.3 Å². The van der Waals surface area contributed by atoms with Crippen molar-refractivity contribution in [2.24, 2.45) is 5.92 Å². The van der Waals surface area contributed by atoms with Crippen molar-refractivity contribution >= 4 is 25.2 Å². The van der Waals surface area contributed by atoms with Gasteiger partial charge in [-0.05, 0) is 25.3 Å². The zero-order valence-corrected chi connectivity index (χ0v) is 14.4. The van der Waals surface area contributed by atoms with E-state index in [-0.39, 0.29) is 24.1 Å². The van der Waals surface area contributed by atoms with E-state index in [0.717, 1.165) is 44.9 Å². The highest BCUT2D eigenvalue weighted by Crippen LogP contribution is 2.47. The minimum Gasteiger partial charge on any atom is -0.388 e. The van der Waals surface area contributed by atoms with Crippen molar-refractivity contribution in [1.82, 2.24) is 4.90 Å². The molecule has 0 N–H and O–H groups in total. The number of fused-ring (bicyclic) bond motifs is 3. The Hall–Kier alpha value is 0.0369. The van der Waals surface area contributed by atoms with Gasteiger partial charge >= 0.3 is 6.62 Å². The number of rotatable bonds is 2. The van der Waals surface area contributed by atoms with Gasteiger partial charge in [-0.15, -0.1) is 0 Å². The smallest absolute Gasteiger partial charge is 0.388 e. The van der Waals surface area contributed by atoms with E-state index in [9.17, 15) is 16.8 Å². The van der Waals surface area contributed by atoms with E-state index >= 15 is 0 Å². The molecule has 3 fully saturated rings. The molecule has 0 aromatic carbocycles. The summed E-state index contributed by atoms with van der Waals surface area (Å²) >= 11 is 0. The van der Waals surface area contributed by atoms with Crippen molar-refractivity contribution in [2.75, 3.05) is 25.6 Å². The summed E-state index contributed by atoms with van der Waals surface area (Å²) in [6.45, 7) is -1.98. The average molecular weight is 340 g/mol. The summed E-state index contributed by atoms with van der Waals surface area (Å²) < 4.78 is 54.4. The van der Waals surface area contributed by atoms with E-state index in [2.05, 4.69) is 4.90 Å². The first kappa shape index (κ1) is 15.0. The van der Waals surface area contributed by atoms with Crippen LogP contribution in [0.25, 0.3) is 0 Å². The quantitative estimate of drug-likeness (QED) is 0.654. The molecule has 0 aromatic rings. The third kappa shape index (κ3) is 2.01. The fourth-order valence-corrected chi connectivity index (χ4v) is 18.8. The molecule has 3 rings (SSSR count). The van der Waals surface area contributed by atoms with Gasteiger partial charge in [0.05, 0.1) is 6.10 Å². The summed E-state index contributed by atoms with van der Waals surface area (Å²) in [5, 5.41) is 0. The highest BCUT2D eigenvalue weighted by molar-refractivity contribution is 8.50. The van der Waals surface area contributed by atoms with Gasteiger partial charge in [0.15, 0.2) is 18.6 Å². The van der Waals surface area contributed by atoms with Gasteiger partial charge in [0, 0.05) is 31.1 Å². The van der Waals surface area contributed by atoms with Crippen LogP contribution in [0.2, 0.25) is 6.04 Å². The zero-order chi connectivity index (χ0) is 14.8. The number of piperidine rings is 1. The molecular weight excluding hydrogens is 318 g/mol. The minimum absolute atomic E-state index is 0.0641. The lowest BCUT2D eigenvalue weighted by Gasteiger charge is -2.34. The Kier molecular flexibility index (Phi) is 3.38. The van der Waals surface area contributed by atoms with Crippen molar-refractivity contribution in [1.29, 1.82) is 0 Å². The molecular formula is C11H21NO5S2Si. The van der Waals surface area contributed by atoms with Crippen molar-refractivity contribution in [2.45, 2.75) is 37.5 Å². The lowest BCUT2D eigenvalue weighted by Crippen LogP contribution is -2.54. The van der Waals surface area contributed by atoms with Crippen LogP contribution in [0.15, 0.2) is 0 Å². The van der Waals surface area contributed by atoms with Crippen molar-refractivity contribution in [3.63, 3.8) is 0 Å². The van der Waals surface area contributed by atoms with Crippen LogP contribution >= 0.6 is 0 Å². The molecule has 3 aliphatic heterocycles. The van der Waals surface area contributed by atoms with Crippen LogP contribution in [0.5, 0.6) is 0 Å². The Morgan fingerprint density at radius 2 is 1.75 bits per heavy atom. The Balaban J connectivity index is 1.97. The summed E-state index contributed by atoms with van der Waals surface area (Å²) in [5.41, 5.74) is 0. The fourth-order valence-electron chi connectivity index (χ4n) is 4.02. The molecule has 0 amide bonds. The van der Waals surface area contributed by atoms with Gasteiger partial charge in [-0.1, -0.05) is 6.42 Å². The normalized spacial score (nSPS) is 37.6. The van der Waals surface area contributed by atoms with E-state index in [0.29, 0.717) is 0 Å². The molecule has 0 aliphatic carbocycles. The lowest BCUT2D eigenvalue weighted by molar-refractivity contribution is 0.111. The maximum atomic E-state index is 12.1. The number of nitrogens with zero attached hydrogens (tertiary/aromatic N) is 1. The van der Waals surface area contributed by atoms with Crippen molar-refractivity contribution in [3.05, 3.63) is 0 Å². The maximum Gasteiger partial charge on any atom is 0.457 e. The van der Waals surface area contributed by atoms with Gasteiger partial charge in [-0.25, -0.2) is 16.8 Å². The molecule has 3 saturated heterocycles. The predicted octanol–water partition coefficient (Wildman–Crippen LogP) is -0.102. The van der Waals surface area contributed by atoms with Gasteiger partial charge in [-0.2, -0.15) is 0 Å². The first-order valence-corrected chi connectivity index (χ1v) is 14.3. The Morgan fingerprint density at radius 3 is 2.35 bits per heavy atom. The largest absolute Gasteiger partial charge is 0.457 e. The summed E-state index contributed by atoms with van der Waals surface area (Å²) in [5.74, 6) is 0.0641. The van der Waals surface area contributed by atoms with Crippen LogP contribution in [-0.4, -0.2) is 66.1 Å². The molecule has 3 heterocycles. The summed E-state index contributed by atoms with van der Waals surface area (Å²) in [6, 6.07) is 0.425. The molecule has 3 atom stereocenters. The fraction of sp³-hybridized carbons (Fsp3) is 1.00. The second-order valence-corrected chi connectivity index (χ2v) is 20.6. The summed E-state index contributed by atoms with van der Waals surface area (Å²) in [4.78, 5) is 2.35. The Bertz CT molecular complexity index is 585. The van der Waals surface area contributed by atoms with Gasteiger partial charge in [-0.3, -0.25) is 4.90 Å². The molecule has 9 heteroatoms. The lowest BCUT2D eigenvalue weighted by atomic mass is 9.97. The van der Waals surface area contributed by atoms with E-state index in [4.69, 9.17) is 4.43 Å². The molecule has 116 valence electrons. The average Bonchev–Trinajstić information content (AvgIpc) is 2.81. The van der Waals surface area contributed by atoms with Crippen LogP contribution in [0.3, 0.4) is 0 Å².